The summed E-state index contributed by atoms with van der Waals surface area (Å²) in [5.74, 6) is 2.75. The van der Waals surface area contributed by atoms with Crippen molar-refractivity contribution in [2.75, 3.05) is 0 Å². The first kappa shape index (κ1) is 13.9. The van der Waals surface area contributed by atoms with E-state index in [2.05, 4.69) is 26.8 Å². The van der Waals surface area contributed by atoms with Crippen molar-refractivity contribution in [2.45, 2.75) is 19.0 Å². The first-order valence-corrected chi connectivity index (χ1v) is 6.70. The fourth-order valence-corrected chi connectivity index (χ4v) is 2.88. The Morgan fingerprint density at radius 3 is 2.89 bits per heavy atom. The van der Waals surface area contributed by atoms with Gasteiger partial charge >= 0.3 is 6.03 Å². The highest BCUT2D eigenvalue weighted by Gasteiger charge is 2.38. The predicted octanol–water partition coefficient (Wildman–Crippen LogP) is 2.96. The lowest BCUT2D eigenvalue weighted by atomic mass is 10.0. The van der Waals surface area contributed by atoms with E-state index in [1.807, 2.05) is 0 Å². The average molecular weight is 341 g/mol. The van der Waals surface area contributed by atoms with Gasteiger partial charge in [-0.1, -0.05) is 39.5 Å². The number of carbonyl (C=O) groups excluding carboxylic acids is 1. The van der Waals surface area contributed by atoms with Gasteiger partial charge in [-0.15, -0.1) is 6.42 Å². The van der Waals surface area contributed by atoms with Gasteiger partial charge in [-0.3, -0.25) is 4.90 Å². The summed E-state index contributed by atoms with van der Waals surface area (Å²) in [5.41, 5.74) is 6.66. The molecule has 0 saturated carbocycles. The minimum absolute atomic E-state index is 0.232. The molecule has 1 aromatic rings. The van der Waals surface area contributed by atoms with Crippen LogP contribution in [0.4, 0.5) is 4.79 Å². The number of aliphatic imine (C=N–C) groups is 1. The largest absolute Gasteiger partial charge is 0.385 e. The van der Waals surface area contributed by atoms with Crippen LogP contribution in [0.15, 0.2) is 27.7 Å². The van der Waals surface area contributed by atoms with Crippen LogP contribution in [0.3, 0.4) is 0 Å². The van der Waals surface area contributed by atoms with E-state index in [-0.39, 0.29) is 5.84 Å². The molecule has 98 valence electrons. The quantitative estimate of drug-likeness (QED) is 0.842. The average Bonchev–Trinajstić information content (AvgIpc) is 2.63. The van der Waals surface area contributed by atoms with Gasteiger partial charge in [-0.2, -0.15) is 4.99 Å². The fourth-order valence-electron chi connectivity index (χ4n) is 1.98. The monoisotopic (exact) mass is 339 g/mol. The Kier molecular flexibility index (Phi) is 3.83. The Bertz CT molecular complexity index is 608. The van der Waals surface area contributed by atoms with Crippen molar-refractivity contribution in [2.24, 2.45) is 10.7 Å². The molecule has 0 aliphatic carbocycles. The van der Waals surface area contributed by atoms with Crippen molar-refractivity contribution in [1.82, 2.24) is 4.90 Å². The number of hydrogen-bond donors (Lipinski definition) is 1. The summed E-state index contributed by atoms with van der Waals surface area (Å²) in [5, 5.41) is 0.590. The Balaban J connectivity index is 2.49. The van der Waals surface area contributed by atoms with Crippen LogP contribution in [0.2, 0.25) is 5.02 Å². The van der Waals surface area contributed by atoms with E-state index >= 15 is 0 Å². The van der Waals surface area contributed by atoms with Crippen molar-refractivity contribution in [1.29, 1.82) is 0 Å². The van der Waals surface area contributed by atoms with Gasteiger partial charge in [0.2, 0.25) is 0 Å². The van der Waals surface area contributed by atoms with Crippen LogP contribution >= 0.6 is 27.5 Å². The number of carbonyl (C=O) groups is 1. The first-order chi connectivity index (χ1) is 8.95. The van der Waals surface area contributed by atoms with Gasteiger partial charge < -0.3 is 5.73 Å². The Morgan fingerprint density at radius 1 is 1.63 bits per heavy atom. The van der Waals surface area contributed by atoms with Crippen molar-refractivity contribution in [3.63, 3.8) is 0 Å². The molecule has 1 heterocycles. The van der Waals surface area contributed by atoms with Gasteiger partial charge in [0.05, 0.1) is 6.04 Å². The standard InChI is InChI=1S/C13H11BrClN3O/c1-3-7(2)18-11(12(16)17-13(18)19)9-5-4-8(15)6-10(9)14/h1,4-7,11H,2H3,(H2,16,17,19). The number of nitrogens with zero attached hydrogens (tertiary/aromatic N) is 2. The second-order valence-corrected chi connectivity index (χ2v) is 5.43. The first-order valence-electron chi connectivity index (χ1n) is 5.53. The minimum Gasteiger partial charge on any atom is -0.385 e. The third kappa shape index (κ3) is 2.46. The molecule has 0 aromatic heterocycles. The summed E-state index contributed by atoms with van der Waals surface area (Å²) in [6.45, 7) is 1.75. The van der Waals surface area contributed by atoms with E-state index in [0.29, 0.717) is 5.02 Å². The van der Waals surface area contributed by atoms with E-state index in [1.54, 1.807) is 25.1 Å². The molecule has 0 fully saturated rings. The number of rotatable bonds is 2. The molecule has 4 nitrogen and oxygen atoms in total. The number of hydrogen-bond acceptors (Lipinski definition) is 2. The molecule has 1 aliphatic heterocycles. The van der Waals surface area contributed by atoms with Gasteiger partial charge in [-0.25, -0.2) is 4.79 Å². The van der Waals surface area contributed by atoms with Crippen LogP contribution in [0.25, 0.3) is 0 Å². The fraction of sp³-hybridized carbons (Fsp3) is 0.231. The summed E-state index contributed by atoms with van der Waals surface area (Å²) in [6.07, 6.45) is 5.39. The molecule has 1 aliphatic rings. The van der Waals surface area contributed by atoms with Crippen molar-refractivity contribution in [3.05, 3.63) is 33.3 Å². The molecule has 6 heteroatoms. The van der Waals surface area contributed by atoms with Crippen LogP contribution in [0.1, 0.15) is 18.5 Å². The van der Waals surface area contributed by atoms with Gasteiger partial charge in [0.15, 0.2) is 0 Å². The number of benzene rings is 1. The second-order valence-electron chi connectivity index (χ2n) is 4.14. The predicted molar refractivity (Wildman–Crippen MR) is 79.0 cm³/mol. The van der Waals surface area contributed by atoms with Crippen LogP contribution < -0.4 is 5.73 Å². The van der Waals surface area contributed by atoms with E-state index in [4.69, 9.17) is 23.8 Å². The minimum atomic E-state index is -0.467. The number of urea groups is 1. The molecular formula is C13H11BrClN3O. The Hall–Kier alpha value is -1.51. The maximum absolute atomic E-state index is 11.9. The van der Waals surface area contributed by atoms with Gasteiger partial charge in [0.25, 0.3) is 0 Å². The summed E-state index contributed by atoms with van der Waals surface area (Å²) in [6, 6.07) is 3.99. The number of nitrogens with two attached hydrogens (primary N) is 1. The zero-order chi connectivity index (χ0) is 14.2. The number of amides is 2. The molecule has 2 atom stereocenters. The second kappa shape index (κ2) is 5.24. The Morgan fingerprint density at radius 2 is 2.32 bits per heavy atom. The third-order valence-corrected chi connectivity index (χ3v) is 3.84. The molecule has 2 amide bonds. The lowest BCUT2D eigenvalue weighted by molar-refractivity contribution is 0.199. The van der Waals surface area contributed by atoms with E-state index in [0.717, 1.165) is 10.0 Å². The molecule has 0 radical (unpaired) electrons. The summed E-state index contributed by atoms with van der Waals surface area (Å²) in [7, 11) is 0. The van der Waals surface area contributed by atoms with Gasteiger partial charge in [0, 0.05) is 9.50 Å². The van der Waals surface area contributed by atoms with Crippen LogP contribution in [-0.4, -0.2) is 22.8 Å². The highest BCUT2D eigenvalue weighted by molar-refractivity contribution is 9.10. The van der Waals surface area contributed by atoms with E-state index in [9.17, 15) is 4.79 Å². The number of amidine groups is 1. The van der Waals surface area contributed by atoms with Crippen molar-refractivity contribution >= 4 is 39.4 Å². The van der Waals surface area contributed by atoms with Crippen molar-refractivity contribution in [3.8, 4) is 12.3 Å². The molecule has 2 N–H and O–H groups in total. The molecule has 2 unspecified atom stereocenters. The zero-order valence-electron chi connectivity index (χ0n) is 10.1. The van der Waals surface area contributed by atoms with E-state index < -0.39 is 18.1 Å². The maximum Gasteiger partial charge on any atom is 0.347 e. The summed E-state index contributed by atoms with van der Waals surface area (Å²) in [4.78, 5) is 17.1. The van der Waals surface area contributed by atoms with Crippen LogP contribution in [0.5, 0.6) is 0 Å². The van der Waals surface area contributed by atoms with Gasteiger partial charge in [0.1, 0.15) is 11.9 Å². The molecule has 0 bridgehead atoms. The topological polar surface area (TPSA) is 58.7 Å². The molecule has 19 heavy (non-hydrogen) atoms. The summed E-state index contributed by atoms with van der Waals surface area (Å²) < 4.78 is 0.757. The highest BCUT2D eigenvalue weighted by Crippen LogP contribution is 2.34. The zero-order valence-corrected chi connectivity index (χ0v) is 12.4. The Labute approximate surface area is 124 Å². The van der Waals surface area contributed by atoms with Crippen LogP contribution in [0, 0.1) is 12.3 Å². The molecule has 1 aromatic carbocycles. The SMILES string of the molecule is C#CC(C)N1C(=O)N=C(N)C1c1ccc(Cl)cc1Br. The van der Waals surface area contributed by atoms with Crippen LogP contribution in [-0.2, 0) is 0 Å². The smallest absolute Gasteiger partial charge is 0.347 e. The lowest BCUT2D eigenvalue weighted by Gasteiger charge is -2.28. The summed E-state index contributed by atoms with van der Waals surface area (Å²) >= 11 is 9.33. The van der Waals surface area contributed by atoms with Crippen molar-refractivity contribution < 1.29 is 4.79 Å². The molecule has 0 spiro atoms. The lowest BCUT2D eigenvalue weighted by Crippen LogP contribution is -2.39. The molecular weight excluding hydrogens is 330 g/mol. The normalized spacial score (nSPS) is 20.1. The van der Waals surface area contributed by atoms with Gasteiger partial charge in [-0.05, 0) is 24.6 Å². The number of halogens is 2. The number of terminal acetylenes is 1. The maximum atomic E-state index is 11.9. The molecule has 2 rings (SSSR count). The third-order valence-electron chi connectivity index (χ3n) is 2.92. The van der Waals surface area contributed by atoms with E-state index in [1.165, 1.54) is 4.90 Å². The highest BCUT2D eigenvalue weighted by atomic mass is 79.9. The molecule has 0 saturated heterocycles.